The van der Waals surface area contributed by atoms with Gasteiger partial charge in [-0.2, -0.15) is 13.2 Å². The van der Waals surface area contributed by atoms with E-state index < -0.39 is 41.3 Å². The first-order chi connectivity index (χ1) is 17.7. The van der Waals surface area contributed by atoms with Gasteiger partial charge in [-0.05, 0) is 47.9 Å². The summed E-state index contributed by atoms with van der Waals surface area (Å²) < 4.78 is 45.1. The summed E-state index contributed by atoms with van der Waals surface area (Å²) in [5, 5.41) is 3.08. The minimum atomic E-state index is -4.63. The van der Waals surface area contributed by atoms with E-state index in [-0.39, 0.29) is 22.9 Å². The predicted octanol–water partition coefficient (Wildman–Crippen LogP) is 5.67. The average molecular weight is 529 g/mol. The molecule has 3 aromatic rings. The summed E-state index contributed by atoms with van der Waals surface area (Å²) in [6.45, 7) is 0.602. The number of nitrogens with one attached hydrogen (secondary N) is 1. The van der Waals surface area contributed by atoms with Gasteiger partial charge in [0.15, 0.2) is 5.78 Å². The number of carbonyl (C=O) groups excluding carboxylic acids is 2. The number of ketones is 2. The van der Waals surface area contributed by atoms with Crippen LogP contribution >= 0.6 is 11.6 Å². The Labute approximate surface area is 217 Å². The standard InChI is InChI=1S/C28H24ClF3N2O3/c1-37-18-8-6-16(7-9-18)20-13-22(35)24(25-19-5-3-2-4-15(19)10-11-33-25)27(36)23(20)26-21(29)12-17(14-34-26)28(30,31)32/h2-9,12,14,20,23-25,33H,10-11,13H2,1H3/t20-,23+,24+,25+/m0/s1. The van der Waals surface area contributed by atoms with Gasteiger partial charge in [0.1, 0.15) is 11.5 Å². The lowest BCUT2D eigenvalue weighted by Crippen LogP contribution is -2.47. The van der Waals surface area contributed by atoms with E-state index in [0.29, 0.717) is 24.1 Å². The highest BCUT2D eigenvalue weighted by molar-refractivity contribution is 6.31. The van der Waals surface area contributed by atoms with Crippen molar-refractivity contribution in [3.8, 4) is 5.75 Å². The molecular formula is C28H24ClF3N2O3. The predicted molar refractivity (Wildman–Crippen MR) is 132 cm³/mol. The number of fused-ring (bicyclic) bond motifs is 1. The summed E-state index contributed by atoms with van der Waals surface area (Å²) in [5.74, 6) is -2.68. The molecule has 4 atom stereocenters. The molecule has 2 heterocycles. The van der Waals surface area contributed by atoms with Crippen LogP contribution in [0.25, 0.3) is 0 Å². The highest BCUT2D eigenvalue weighted by Crippen LogP contribution is 2.48. The molecule has 1 fully saturated rings. The molecule has 0 radical (unpaired) electrons. The molecule has 2 aliphatic rings. The fourth-order valence-corrected chi connectivity index (χ4v) is 5.80. The van der Waals surface area contributed by atoms with Gasteiger partial charge in [0.2, 0.25) is 0 Å². The van der Waals surface area contributed by atoms with Gasteiger partial charge >= 0.3 is 6.18 Å². The summed E-state index contributed by atoms with van der Waals surface area (Å²) in [5.41, 5.74) is 1.67. The third-order valence-electron chi connectivity index (χ3n) is 7.30. The SMILES string of the molecule is COc1ccc([C@@H]2CC(=O)[C@H]([C@@H]3NCCc4ccccc43)C(=O)[C@H]2c2ncc(C(F)(F)F)cc2Cl)cc1. The van der Waals surface area contributed by atoms with E-state index in [2.05, 4.69) is 10.3 Å². The Bertz CT molecular complexity index is 1340. The number of carbonyl (C=O) groups is 2. The van der Waals surface area contributed by atoms with Gasteiger partial charge < -0.3 is 10.1 Å². The van der Waals surface area contributed by atoms with Crippen LogP contribution in [0.2, 0.25) is 5.02 Å². The summed E-state index contributed by atoms with van der Waals surface area (Å²) in [7, 11) is 1.52. The number of rotatable bonds is 4. The largest absolute Gasteiger partial charge is 0.497 e. The van der Waals surface area contributed by atoms with Gasteiger partial charge in [0.25, 0.3) is 0 Å². The molecule has 1 saturated carbocycles. The smallest absolute Gasteiger partial charge is 0.417 e. The van der Waals surface area contributed by atoms with Crippen LogP contribution in [0.1, 0.15) is 52.2 Å². The second-order valence-electron chi connectivity index (χ2n) is 9.38. The first-order valence-corrected chi connectivity index (χ1v) is 12.3. The topological polar surface area (TPSA) is 68.3 Å². The summed E-state index contributed by atoms with van der Waals surface area (Å²) in [4.78, 5) is 31.8. The van der Waals surface area contributed by atoms with Crippen molar-refractivity contribution in [3.63, 3.8) is 0 Å². The zero-order chi connectivity index (χ0) is 26.3. The maximum absolute atomic E-state index is 14.2. The van der Waals surface area contributed by atoms with Crippen LogP contribution in [0.15, 0.2) is 60.8 Å². The van der Waals surface area contributed by atoms with Crippen molar-refractivity contribution in [2.45, 2.75) is 36.9 Å². The second kappa shape index (κ2) is 9.91. The van der Waals surface area contributed by atoms with Gasteiger partial charge in [-0.25, -0.2) is 0 Å². The van der Waals surface area contributed by atoms with E-state index in [4.69, 9.17) is 16.3 Å². The number of nitrogens with zero attached hydrogens (tertiary/aromatic N) is 1. The quantitative estimate of drug-likeness (QED) is 0.442. The molecule has 37 heavy (non-hydrogen) atoms. The van der Waals surface area contributed by atoms with Crippen molar-refractivity contribution in [1.29, 1.82) is 0 Å². The van der Waals surface area contributed by atoms with Crippen LogP contribution in [-0.4, -0.2) is 30.2 Å². The van der Waals surface area contributed by atoms with E-state index in [9.17, 15) is 22.8 Å². The molecule has 0 saturated heterocycles. The fraction of sp³-hybridized carbons (Fsp3) is 0.321. The number of hydrogen-bond donors (Lipinski definition) is 1. The van der Waals surface area contributed by atoms with Crippen LogP contribution in [0, 0.1) is 5.92 Å². The van der Waals surface area contributed by atoms with E-state index in [0.717, 1.165) is 23.6 Å². The third-order valence-corrected chi connectivity index (χ3v) is 7.60. The molecule has 192 valence electrons. The zero-order valence-electron chi connectivity index (χ0n) is 19.9. The molecule has 5 nitrogen and oxygen atoms in total. The number of benzene rings is 2. The van der Waals surface area contributed by atoms with Crippen molar-refractivity contribution in [2.24, 2.45) is 5.92 Å². The molecule has 1 N–H and O–H groups in total. The molecule has 0 spiro atoms. The minimum absolute atomic E-state index is 0.0206. The molecular weight excluding hydrogens is 505 g/mol. The van der Waals surface area contributed by atoms with Crippen molar-refractivity contribution in [3.05, 3.63) is 93.8 Å². The molecule has 0 unspecified atom stereocenters. The molecule has 0 amide bonds. The van der Waals surface area contributed by atoms with Gasteiger partial charge in [0, 0.05) is 24.6 Å². The van der Waals surface area contributed by atoms with Gasteiger partial charge in [0.05, 0.1) is 35.2 Å². The highest BCUT2D eigenvalue weighted by atomic mass is 35.5. The monoisotopic (exact) mass is 528 g/mol. The first-order valence-electron chi connectivity index (χ1n) is 11.9. The number of Topliss-reactive ketones (excluding diaryl/α,β-unsaturated/α-hetero) is 2. The Morgan fingerprint density at radius 2 is 1.78 bits per heavy atom. The summed E-state index contributed by atoms with van der Waals surface area (Å²) in [6.07, 6.45) is -3.15. The van der Waals surface area contributed by atoms with E-state index >= 15 is 0 Å². The summed E-state index contributed by atoms with van der Waals surface area (Å²) >= 11 is 6.35. The number of pyridine rings is 1. The lowest BCUT2D eigenvalue weighted by Gasteiger charge is -2.39. The van der Waals surface area contributed by atoms with Crippen molar-refractivity contribution in [1.82, 2.24) is 10.3 Å². The van der Waals surface area contributed by atoms with Gasteiger partial charge in [-0.3, -0.25) is 14.6 Å². The maximum atomic E-state index is 14.2. The Morgan fingerprint density at radius 3 is 2.46 bits per heavy atom. The highest BCUT2D eigenvalue weighted by Gasteiger charge is 2.50. The number of hydrogen-bond acceptors (Lipinski definition) is 5. The minimum Gasteiger partial charge on any atom is -0.497 e. The molecule has 5 rings (SSSR count). The Hall–Kier alpha value is -3.23. The maximum Gasteiger partial charge on any atom is 0.417 e. The van der Waals surface area contributed by atoms with Crippen molar-refractivity contribution in [2.75, 3.05) is 13.7 Å². The van der Waals surface area contributed by atoms with Crippen LogP contribution in [-0.2, 0) is 22.2 Å². The summed E-state index contributed by atoms with van der Waals surface area (Å²) in [6, 6.07) is 14.9. The molecule has 1 aliphatic carbocycles. The van der Waals surface area contributed by atoms with Crippen LogP contribution in [0.4, 0.5) is 13.2 Å². The van der Waals surface area contributed by atoms with Crippen LogP contribution in [0.5, 0.6) is 5.75 Å². The van der Waals surface area contributed by atoms with Gasteiger partial charge in [-0.1, -0.05) is 48.0 Å². The third kappa shape index (κ3) is 4.76. The average Bonchev–Trinajstić information content (AvgIpc) is 2.88. The number of ether oxygens (including phenoxy) is 1. The fourth-order valence-electron chi connectivity index (χ4n) is 5.52. The van der Waals surface area contributed by atoms with E-state index in [1.54, 1.807) is 24.3 Å². The Balaban J connectivity index is 1.60. The Morgan fingerprint density at radius 1 is 1.05 bits per heavy atom. The van der Waals surface area contributed by atoms with Crippen molar-refractivity contribution >= 4 is 23.2 Å². The molecule has 2 aromatic carbocycles. The normalized spacial score (nSPS) is 24.0. The Kier molecular flexibility index (Phi) is 6.81. The lowest BCUT2D eigenvalue weighted by molar-refractivity contribution is -0.139. The molecule has 9 heteroatoms. The van der Waals surface area contributed by atoms with Crippen LogP contribution in [0.3, 0.4) is 0 Å². The molecule has 1 aliphatic heterocycles. The van der Waals surface area contributed by atoms with Crippen molar-refractivity contribution < 1.29 is 27.5 Å². The number of aromatic nitrogens is 1. The zero-order valence-corrected chi connectivity index (χ0v) is 20.6. The number of alkyl halides is 3. The molecule has 0 bridgehead atoms. The number of methoxy groups -OCH3 is 1. The van der Waals surface area contributed by atoms with E-state index in [1.165, 1.54) is 7.11 Å². The number of halogens is 4. The van der Waals surface area contributed by atoms with Crippen LogP contribution < -0.4 is 10.1 Å². The van der Waals surface area contributed by atoms with E-state index in [1.807, 2.05) is 24.3 Å². The first kappa shape index (κ1) is 25.4. The second-order valence-corrected chi connectivity index (χ2v) is 9.78. The lowest BCUT2D eigenvalue weighted by atomic mass is 9.65. The molecule has 1 aromatic heterocycles. The van der Waals surface area contributed by atoms with Gasteiger partial charge in [-0.15, -0.1) is 0 Å².